The summed E-state index contributed by atoms with van der Waals surface area (Å²) in [7, 11) is 0. The molecule has 0 saturated heterocycles. The predicted molar refractivity (Wildman–Crippen MR) is 73.9 cm³/mol. The number of terminal acetylenes is 1. The van der Waals surface area contributed by atoms with Crippen molar-refractivity contribution in [2.45, 2.75) is 20.3 Å². The number of hydrogen-bond acceptors (Lipinski definition) is 0. The third kappa shape index (κ3) is 2.40. The summed E-state index contributed by atoms with van der Waals surface area (Å²) < 4.78 is 0. The van der Waals surface area contributed by atoms with Crippen LogP contribution in [0.5, 0.6) is 0 Å². The maximum Gasteiger partial charge on any atom is 0.0243 e. The lowest BCUT2D eigenvalue weighted by molar-refractivity contribution is 1.13. The molecule has 0 aliphatic heterocycles. The summed E-state index contributed by atoms with van der Waals surface area (Å²) >= 11 is 0. The molecule has 84 valence electrons. The lowest BCUT2D eigenvalue weighted by atomic mass is 9.96. The van der Waals surface area contributed by atoms with Gasteiger partial charge in [-0.3, -0.25) is 0 Å². The van der Waals surface area contributed by atoms with Gasteiger partial charge in [0.05, 0.1) is 0 Å². The molecule has 0 unspecified atom stereocenters. The molecule has 0 spiro atoms. The molecule has 0 N–H and O–H groups in total. The first kappa shape index (κ1) is 11.5. The Hall–Kier alpha value is -2.00. The molecular weight excluding hydrogens is 204 g/mol. The molecule has 0 amide bonds. The fourth-order valence-electron chi connectivity index (χ4n) is 2.04. The minimum Gasteiger partial charge on any atom is -0.115 e. The molecule has 2 aromatic rings. The van der Waals surface area contributed by atoms with Gasteiger partial charge in [-0.2, -0.15) is 0 Å². The van der Waals surface area contributed by atoms with Crippen LogP contribution >= 0.6 is 0 Å². The smallest absolute Gasteiger partial charge is 0.0243 e. The van der Waals surface area contributed by atoms with Gasteiger partial charge in [0.1, 0.15) is 0 Å². The van der Waals surface area contributed by atoms with Crippen molar-refractivity contribution in [3.05, 3.63) is 59.2 Å². The molecule has 17 heavy (non-hydrogen) atoms. The lowest BCUT2D eigenvalue weighted by Crippen LogP contribution is -1.89. The van der Waals surface area contributed by atoms with Gasteiger partial charge >= 0.3 is 0 Å². The number of hydrogen-bond donors (Lipinski definition) is 0. The van der Waals surface area contributed by atoms with E-state index in [4.69, 9.17) is 6.42 Å². The molecular formula is C17H16. The average molecular weight is 220 g/mol. The third-order valence-corrected chi connectivity index (χ3v) is 3.00. The van der Waals surface area contributed by atoms with Gasteiger partial charge in [-0.05, 0) is 42.2 Å². The van der Waals surface area contributed by atoms with Crippen molar-refractivity contribution in [1.29, 1.82) is 0 Å². The lowest BCUT2D eigenvalue weighted by Gasteiger charge is -2.09. The highest BCUT2D eigenvalue weighted by Crippen LogP contribution is 2.25. The number of rotatable bonds is 2. The standard InChI is InChI=1S/C17H16/c1-4-14-7-9-16(10-8-14)17-11-6-13(3)12-15(17)5-2/h1,6-12H,5H2,2-3H3. The van der Waals surface area contributed by atoms with Crippen molar-refractivity contribution in [2.75, 3.05) is 0 Å². The summed E-state index contributed by atoms with van der Waals surface area (Å²) in [5, 5.41) is 0. The zero-order valence-corrected chi connectivity index (χ0v) is 10.3. The topological polar surface area (TPSA) is 0 Å². The molecule has 0 bridgehead atoms. The van der Waals surface area contributed by atoms with Crippen molar-refractivity contribution in [3.63, 3.8) is 0 Å². The highest BCUT2D eigenvalue weighted by molar-refractivity contribution is 5.68. The van der Waals surface area contributed by atoms with Crippen molar-refractivity contribution in [1.82, 2.24) is 0 Å². The molecule has 0 fully saturated rings. The largest absolute Gasteiger partial charge is 0.115 e. The summed E-state index contributed by atoms with van der Waals surface area (Å²) in [6, 6.07) is 14.8. The zero-order valence-electron chi connectivity index (χ0n) is 10.3. The van der Waals surface area contributed by atoms with E-state index < -0.39 is 0 Å². The van der Waals surface area contributed by atoms with Gasteiger partial charge in [0.25, 0.3) is 0 Å². The van der Waals surface area contributed by atoms with E-state index in [1.807, 2.05) is 12.1 Å². The van der Waals surface area contributed by atoms with Gasteiger partial charge in [-0.1, -0.05) is 48.7 Å². The second kappa shape index (κ2) is 4.89. The Labute approximate surface area is 103 Å². The van der Waals surface area contributed by atoms with Crippen LogP contribution in [0, 0.1) is 19.3 Å². The molecule has 0 saturated carbocycles. The van der Waals surface area contributed by atoms with Gasteiger partial charge in [-0.25, -0.2) is 0 Å². The van der Waals surface area contributed by atoms with Crippen molar-refractivity contribution in [2.24, 2.45) is 0 Å². The van der Waals surface area contributed by atoms with Crippen LogP contribution in [0.3, 0.4) is 0 Å². The van der Waals surface area contributed by atoms with Crippen molar-refractivity contribution >= 4 is 0 Å². The molecule has 0 heterocycles. The first-order valence-electron chi connectivity index (χ1n) is 5.91. The monoisotopic (exact) mass is 220 g/mol. The molecule has 0 heteroatoms. The summed E-state index contributed by atoms with van der Waals surface area (Å²) in [5.41, 5.74) is 6.17. The Morgan fingerprint density at radius 2 is 1.76 bits per heavy atom. The normalized spacial score (nSPS) is 9.94. The summed E-state index contributed by atoms with van der Waals surface area (Å²) in [4.78, 5) is 0. The first-order valence-corrected chi connectivity index (χ1v) is 5.91. The van der Waals surface area contributed by atoms with E-state index in [1.54, 1.807) is 0 Å². The molecule has 2 rings (SSSR count). The van der Waals surface area contributed by atoms with Crippen LogP contribution in [0.15, 0.2) is 42.5 Å². The van der Waals surface area contributed by atoms with E-state index in [2.05, 4.69) is 50.1 Å². The van der Waals surface area contributed by atoms with Crippen LogP contribution in [0.2, 0.25) is 0 Å². The Bertz CT molecular complexity index is 554. The van der Waals surface area contributed by atoms with Crippen molar-refractivity contribution in [3.8, 4) is 23.5 Å². The minimum atomic E-state index is 0.930. The minimum absolute atomic E-state index is 0.930. The predicted octanol–water partition coefficient (Wildman–Crippen LogP) is 4.21. The van der Waals surface area contributed by atoms with Crippen LogP contribution in [-0.4, -0.2) is 0 Å². The Balaban J connectivity index is 2.49. The Morgan fingerprint density at radius 1 is 1.06 bits per heavy atom. The van der Waals surface area contributed by atoms with Gasteiger partial charge in [0.2, 0.25) is 0 Å². The highest BCUT2D eigenvalue weighted by atomic mass is 14.1. The maximum absolute atomic E-state index is 5.36. The van der Waals surface area contributed by atoms with E-state index in [9.17, 15) is 0 Å². The molecule has 0 aromatic heterocycles. The zero-order chi connectivity index (χ0) is 12.3. The molecule has 0 nitrogen and oxygen atoms in total. The molecule has 0 aliphatic rings. The maximum atomic E-state index is 5.36. The summed E-state index contributed by atoms with van der Waals surface area (Å²) in [5.74, 6) is 2.64. The molecule has 0 radical (unpaired) electrons. The van der Waals surface area contributed by atoms with Gasteiger partial charge in [-0.15, -0.1) is 6.42 Å². The van der Waals surface area contributed by atoms with Crippen molar-refractivity contribution < 1.29 is 0 Å². The van der Waals surface area contributed by atoms with Gasteiger partial charge in [0, 0.05) is 5.56 Å². The second-order valence-corrected chi connectivity index (χ2v) is 4.24. The van der Waals surface area contributed by atoms with E-state index in [1.165, 1.54) is 22.3 Å². The average Bonchev–Trinajstić information content (AvgIpc) is 2.39. The van der Waals surface area contributed by atoms with E-state index in [0.29, 0.717) is 0 Å². The fourth-order valence-corrected chi connectivity index (χ4v) is 2.04. The second-order valence-electron chi connectivity index (χ2n) is 4.24. The van der Waals surface area contributed by atoms with Crippen LogP contribution in [0.25, 0.3) is 11.1 Å². The van der Waals surface area contributed by atoms with Gasteiger partial charge < -0.3 is 0 Å². The van der Waals surface area contributed by atoms with Crippen LogP contribution in [-0.2, 0) is 6.42 Å². The fraction of sp³-hybridized carbons (Fsp3) is 0.176. The summed E-state index contributed by atoms with van der Waals surface area (Å²) in [6.07, 6.45) is 6.41. The number of aryl methyl sites for hydroxylation is 2. The first-order chi connectivity index (χ1) is 8.24. The van der Waals surface area contributed by atoms with Crippen LogP contribution in [0.1, 0.15) is 23.6 Å². The molecule has 0 aliphatic carbocycles. The Kier molecular flexibility index (Phi) is 3.30. The third-order valence-electron chi connectivity index (χ3n) is 3.00. The van der Waals surface area contributed by atoms with Gasteiger partial charge in [0.15, 0.2) is 0 Å². The highest BCUT2D eigenvalue weighted by Gasteiger charge is 2.03. The van der Waals surface area contributed by atoms with E-state index >= 15 is 0 Å². The Morgan fingerprint density at radius 3 is 2.35 bits per heavy atom. The van der Waals surface area contributed by atoms with Crippen LogP contribution in [0.4, 0.5) is 0 Å². The molecule has 0 atom stereocenters. The van der Waals surface area contributed by atoms with Crippen LogP contribution < -0.4 is 0 Å². The SMILES string of the molecule is C#Cc1ccc(-c2ccc(C)cc2CC)cc1. The quantitative estimate of drug-likeness (QED) is 0.665. The molecule has 2 aromatic carbocycles. The van der Waals surface area contributed by atoms with E-state index in [-0.39, 0.29) is 0 Å². The summed E-state index contributed by atoms with van der Waals surface area (Å²) in [6.45, 7) is 4.32. The van der Waals surface area contributed by atoms with E-state index in [0.717, 1.165) is 12.0 Å². The number of benzene rings is 2.